The molecule has 0 radical (unpaired) electrons. The lowest BCUT2D eigenvalue weighted by molar-refractivity contribution is 0.288. The molecule has 0 fully saturated rings. The second-order valence-corrected chi connectivity index (χ2v) is 6.77. The molecule has 30 heavy (non-hydrogen) atoms. The number of benzene rings is 1. The van der Waals surface area contributed by atoms with E-state index in [4.69, 9.17) is 18.7 Å². The third-order valence-corrected chi connectivity index (χ3v) is 4.90. The lowest BCUT2D eigenvalue weighted by atomic mass is 9.99. The van der Waals surface area contributed by atoms with Crippen LogP contribution in [0.5, 0.6) is 17.2 Å². The molecule has 0 aliphatic heterocycles. The molecule has 0 atom stereocenters. The minimum atomic E-state index is 0.435. The Bertz CT molecular complexity index is 790. The highest BCUT2D eigenvalue weighted by atomic mass is 16.5. The smallest absolute Gasteiger partial charge is 0.203 e. The van der Waals surface area contributed by atoms with Crippen molar-refractivity contribution in [3.05, 3.63) is 35.2 Å². The first kappa shape index (κ1) is 23.4. The molecule has 166 valence electrons. The zero-order valence-electron chi connectivity index (χ0n) is 18.9. The van der Waals surface area contributed by atoms with Crippen molar-refractivity contribution in [2.75, 3.05) is 27.9 Å². The van der Waals surface area contributed by atoms with E-state index in [2.05, 4.69) is 34.6 Å². The highest BCUT2D eigenvalue weighted by Crippen LogP contribution is 2.38. The van der Waals surface area contributed by atoms with E-state index in [9.17, 15) is 0 Å². The molecule has 1 heterocycles. The minimum Gasteiger partial charge on any atom is -0.493 e. The van der Waals surface area contributed by atoms with Crippen molar-refractivity contribution >= 4 is 5.96 Å². The molecule has 2 N–H and O–H groups in total. The first-order chi connectivity index (χ1) is 14.6. The van der Waals surface area contributed by atoms with Crippen LogP contribution < -0.4 is 24.8 Å². The zero-order valence-corrected chi connectivity index (χ0v) is 18.9. The lowest BCUT2D eigenvalue weighted by Crippen LogP contribution is -2.36. The average Bonchev–Trinajstić information content (AvgIpc) is 3.24. The Morgan fingerprint density at radius 2 is 1.67 bits per heavy atom. The first-order valence-corrected chi connectivity index (χ1v) is 10.4. The summed E-state index contributed by atoms with van der Waals surface area (Å²) in [7, 11) is 4.95. The number of nitrogens with one attached hydrogen (secondary N) is 2. The van der Waals surface area contributed by atoms with Gasteiger partial charge in [-0.2, -0.15) is 0 Å². The Hall–Kier alpha value is -2.90. The summed E-state index contributed by atoms with van der Waals surface area (Å²) in [6.45, 7) is 7.82. The Balaban J connectivity index is 1.99. The lowest BCUT2D eigenvalue weighted by Gasteiger charge is -2.16. The van der Waals surface area contributed by atoms with Crippen molar-refractivity contribution in [3.63, 3.8) is 0 Å². The molecule has 0 bridgehead atoms. The summed E-state index contributed by atoms with van der Waals surface area (Å²) in [4.78, 5) is 4.27. The topological polar surface area (TPSA) is 90.1 Å². The van der Waals surface area contributed by atoms with Gasteiger partial charge in [-0.3, -0.25) is 4.99 Å². The predicted octanol–water partition coefficient (Wildman–Crippen LogP) is 3.86. The number of hydrogen-bond donors (Lipinski definition) is 2. The number of aliphatic imine (C=N–C) groups is 1. The summed E-state index contributed by atoms with van der Waals surface area (Å²) in [6, 6.07) is 5.86. The summed E-state index contributed by atoms with van der Waals surface area (Å²) in [5, 5.41) is 10.7. The van der Waals surface area contributed by atoms with E-state index in [1.165, 1.54) is 0 Å². The number of aromatic nitrogens is 1. The van der Waals surface area contributed by atoms with Gasteiger partial charge < -0.3 is 29.4 Å². The Morgan fingerprint density at radius 1 is 1.03 bits per heavy atom. The molecule has 0 aliphatic carbocycles. The second kappa shape index (κ2) is 11.9. The minimum absolute atomic E-state index is 0.435. The third-order valence-electron chi connectivity index (χ3n) is 4.90. The average molecular weight is 419 g/mol. The Labute approximate surface area is 179 Å². The Kier molecular flexibility index (Phi) is 9.31. The van der Waals surface area contributed by atoms with Gasteiger partial charge in [0.15, 0.2) is 23.2 Å². The van der Waals surface area contributed by atoms with Gasteiger partial charge in [0.25, 0.3) is 0 Å². The second-order valence-electron chi connectivity index (χ2n) is 6.77. The van der Waals surface area contributed by atoms with E-state index in [0.29, 0.717) is 48.8 Å². The summed E-state index contributed by atoms with van der Waals surface area (Å²) in [6.07, 6.45) is 2.10. The maximum Gasteiger partial charge on any atom is 0.203 e. The van der Waals surface area contributed by atoms with Gasteiger partial charge in [-0.15, -0.1) is 0 Å². The van der Waals surface area contributed by atoms with E-state index in [1.54, 1.807) is 21.3 Å². The molecule has 0 amide bonds. The maximum absolute atomic E-state index is 5.65. The van der Waals surface area contributed by atoms with Crippen molar-refractivity contribution in [3.8, 4) is 17.2 Å². The Morgan fingerprint density at radius 3 is 2.20 bits per heavy atom. The number of ether oxygens (including phenoxy) is 3. The molecular weight excluding hydrogens is 384 g/mol. The van der Waals surface area contributed by atoms with Gasteiger partial charge in [0.2, 0.25) is 5.75 Å². The number of rotatable bonds is 11. The number of methoxy groups -OCH3 is 2. The van der Waals surface area contributed by atoms with Crippen LogP contribution in [0.1, 0.15) is 56.5 Å². The molecule has 2 aromatic rings. The van der Waals surface area contributed by atoms with Crippen LogP contribution in [0.4, 0.5) is 0 Å². The van der Waals surface area contributed by atoms with Gasteiger partial charge in [-0.1, -0.05) is 19.0 Å². The molecule has 1 aromatic heterocycles. The van der Waals surface area contributed by atoms with E-state index in [0.717, 1.165) is 29.9 Å². The van der Waals surface area contributed by atoms with Crippen molar-refractivity contribution in [1.82, 2.24) is 15.8 Å². The summed E-state index contributed by atoms with van der Waals surface area (Å²) in [5.74, 6) is 3.74. The normalized spacial score (nSPS) is 11.5. The van der Waals surface area contributed by atoms with Gasteiger partial charge in [-0.25, -0.2) is 0 Å². The van der Waals surface area contributed by atoms with Gasteiger partial charge in [-0.05, 0) is 37.5 Å². The van der Waals surface area contributed by atoms with E-state index in [1.807, 2.05) is 25.1 Å². The van der Waals surface area contributed by atoms with Crippen LogP contribution in [-0.2, 0) is 13.1 Å². The molecular formula is C22H34N4O4. The van der Waals surface area contributed by atoms with Gasteiger partial charge in [0, 0.05) is 25.6 Å². The van der Waals surface area contributed by atoms with Crippen LogP contribution in [0.15, 0.2) is 27.7 Å². The maximum atomic E-state index is 5.65. The largest absolute Gasteiger partial charge is 0.493 e. The quantitative estimate of drug-likeness (QED) is 0.423. The summed E-state index contributed by atoms with van der Waals surface area (Å²) < 4.78 is 22.0. The van der Waals surface area contributed by atoms with Crippen LogP contribution in [0, 0.1) is 0 Å². The molecule has 1 aromatic carbocycles. The van der Waals surface area contributed by atoms with Crippen LogP contribution in [0.25, 0.3) is 0 Å². The molecule has 8 heteroatoms. The number of nitrogens with zero attached hydrogens (tertiary/aromatic N) is 2. The monoisotopic (exact) mass is 418 g/mol. The van der Waals surface area contributed by atoms with Crippen molar-refractivity contribution < 1.29 is 18.7 Å². The fourth-order valence-corrected chi connectivity index (χ4v) is 3.21. The van der Waals surface area contributed by atoms with Crippen molar-refractivity contribution in [2.45, 2.75) is 52.6 Å². The molecule has 0 unspecified atom stereocenters. The molecule has 0 saturated heterocycles. The fraction of sp³-hybridized carbons (Fsp3) is 0.545. The van der Waals surface area contributed by atoms with Crippen LogP contribution in [0.2, 0.25) is 0 Å². The van der Waals surface area contributed by atoms with E-state index < -0.39 is 0 Å². The third kappa shape index (κ3) is 6.05. The molecule has 8 nitrogen and oxygen atoms in total. The fourth-order valence-electron chi connectivity index (χ4n) is 3.21. The van der Waals surface area contributed by atoms with Gasteiger partial charge >= 0.3 is 0 Å². The van der Waals surface area contributed by atoms with Crippen molar-refractivity contribution in [2.24, 2.45) is 4.99 Å². The van der Waals surface area contributed by atoms with Crippen molar-refractivity contribution in [1.29, 1.82) is 0 Å². The SMILES string of the molecule is CCOc1c(OC)cc(CNC(=NC)NCc2cc(C(CC)CC)no2)cc1OC. The van der Waals surface area contributed by atoms with Crippen LogP contribution in [-0.4, -0.2) is 39.0 Å². The molecule has 0 aliphatic rings. The summed E-state index contributed by atoms with van der Waals surface area (Å²) >= 11 is 0. The van der Waals surface area contributed by atoms with Gasteiger partial charge in [0.1, 0.15) is 0 Å². The molecule has 0 saturated carbocycles. The molecule has 0 spiro atoms. The standard InChI is InChI=1S/C22H34N4O4/c1-7-16(8-2)18-12-17(30-26-18)14-25-22(23-4)24-13-15-10-19(27-5)21(29-9-3)20(11-15)28-6/h10-12,16H,7-9,13-14H2,1-6H3,(H2,23,24,25). The number of hydrogen-bond acceptors (Lipinski definition) is 6. The highest BCUT2D eigenvalue weighted by Gasteiger charge is 2.15. The van der Waals surface area contributed by atoms with E-state index >= 15 is 0 Å². The predicted molar refractivity (Wildman–Crippen MR) is 118 cm³/mol. The van der Waals surface area contributed by atoms with Gasteiger partial charge in [0.05, 0.1) is 33.1 Å². The first-order valence-electron chi connectivity index (χ1n) is 10.4. The number of guanidine groups is 1. The van der Waals surface area contributed by atoms with Crippen LogP contribution >= 0.6 is 0 Å². The summed E-state index contributed by atoms with van der Waals surface area (Å²) in [5.41, 5.74) is 1.99. The van der Waals surface area contributed by atoms with Crippen LogP contribution in [0.3, 0.4) is 0 Å². The van der Waals surface area contributed by atoms with E-state index in [-0.39, 0.29) is 0 Å². The molecule has 2 rings (SSSR count). The zero-order chi connectivity index (χ0) is 21.9. The highest BCUT2D eigenvalue weighted by molar-refractivity contribution is 5.79.